The van der Waals surface area contributed by atoms with Gasteiger partial charge >= 0.3 is 0 Å². The van der Waals surface area contributed by atoms with Crippen molar-refractivity contribution >= 4 is 0 Å². The fourth-order valence-electron chi connectivity index (χ4n) is 2.25. The Bertz CT molecular complexity index is 331. The van der Waals surface area contributed by atoms with E-state index in [2.05, 4.69) is 48.3 Å². The molecular weight excluding hydrogens is 196 g/mol. The van der Waals surface area contributed by atoms with E-state index in [1.807, 2.05) is 0 Å². The van der Waals surface area contributed by atoms with E-state index in [1.165, 1.54) is 24.1 Å². The zero-order chi connectivity index (χ0) is 11.4. The SMILES string of the molecule is CCCN(Cc1cccc(C)c1)C1CNC1. The largest absolute Gasteiger partial charge is 0.314 e. The summed E-state index contributed by atoms with van der Waals surface area (Å²) in [6.45, 7) is 9.05. The third-order valence-electron chi connectivity index (χ3n) is 3.26. The van der Waals surface area contributed by atoms with Crippen LogP contribution in [0.1, 0.15) is 24.5 Å². The fraction of sp³-hybridized carbons (Fsp3) is 0.571. The van der Waals surface area contributed by atoms with Gasteiger partial charge in [-0.05, 0) is 25.5 Å². The average molecular weight is 218 g/mol. The van der Waals surface area contributed by atoms with Crippen LogP contribution in [0.15, 0.2) is 24.3 Å². The van der Waals surface area contributed by atoms with Crippen LogP contribution in [-0.2, 0) is 6.54 Å². The minimum Gasteiger partial charge on any atom is -0.314 e. The molecule has 2 nitrogen and oxygen atoms in total. The van der Waals surface area contributed by atoms with Crippen LogP contribution < -0.4 is 5.32 Å². The lowest BCUT2D eigenvalue weighted by Crippen LogP contribution is -2.56. The van der Waals surface area contributed by atoms with Gasteiger partial charge in [0.25, 0.3) is 0 Å². The van der Waals surface area contributed by atoms with Crippen molar-refractivity contribution in [1.82, 2.24) is 10.2 Å². The van der Waals surface area contributed by atoms with E-state index in [9.17, 15) is 0 Å². The number of nitrogens with one attached hydrogen (secondary N) is 1. The Balaban J connectivity index is 1.98. The second-order valence-corrected chi connectivity index (χ2v) is 4.77. The van der Waals surface area contributed by atoms with E-state index in [1.54, 1.807) is 0 Å². The molecule has 0 aromatic heterocycles. The number of aryl methyl sites for hydroxylation is 1. The van der Waals surface area contributed by atoms with E-state index in [4.69, 9.17) is 0 Å². The first-order valence-electron chi connectivity index (χ1n) is 6.30. The molecule has 0 bridgehead atoms. The summed E-state index contributed by atoms with van der Waals surface area (Å²) in [5.41, 5.74) is 2.81. The third kappa shape index (κ3) is 2.83. The van der Waals surface area contributed by atoms with Crippen molar-refractivity contribution in [2.45, 2.75) is 32.9 Å². The van der Waals surface area contributed by atoms with Crippen LogP contribution >= 0.6 is 0 Å². The maximum atomic E-state index is 3.36. The maximum absolute atomic E-state index is 3.36. The van der Waals surface area contributed by atoms with Gasteiger partial charge in [0.1, 0.15) is 0 Å². The monoisotopic (exact) mass is 218 g/mol. The molecule has 16 heavy (non-hydrogen) atoms. The second kappa shape index (κ2) is 5.46. The van der Waals surface area contributed by atoms with Gasteiger partial charge in [-0.15, -0.1) is 0 Å². The summed E-state index contributed by atoms with van der Waals surface area (Å²) in [6, 6.07) is 9.61. The lowest BCUT2D eigenvalue weighted by Gasteiger charge is -2.38. The van der Waals surface area contributed by atoms with E-state index in [0.717, 1.165) is 25.7 Å². The van der Waals surface area contributed by atoms with E-state index < -0.39 is 0 Å². The van der Waals surface area contributed by atoms with Crippen molar-refractivity contribution in [3.8, 4) is 0 Å². The average Bonchev–Trinajstić information content (AvgIpc) is 2.15. The molecule has 1 heterocycles. The molecule has 1 aliphatic heterocycles. The second-order valence-electron chi connectivity index (χ2n) is 4.77. The Hall–Kier alpha value is -0.860. The highest BCUT2D eigenvalue weighted by Gasteiger charge is 2.23. The highest BCUT2D eigenvalue weighted by Crippen LogP contribution is 2.13. The Morgan fingerprint density at radius 1 is 1.38 bits per heavy atom. The fourth-order valence-corrected chi connectivity index (χ4v) is 2.25. The molecule has 0 amide bonds. The predicted octanol–water partition coefficient (Wildman–Crippen LogP) is 2.18. The minimum absolute atomic E-state index is 0.750. The zero-order valence-corrected chi connectivity index (χ0v) is 10.4. The molecule has 0 unspecified atom stereocenters. The molecule has 1 fully saturated rings. The number of nitrogens with zero attached hydrogens (tertiary/aromatic N) is 1. The third-order valence-corrected chi connectivity index (χ3v) is 3.26. The molecule has 0 saturated carbocycles. The first-order chi connectivity index (χ1) is 7.79. The lowest BCUT2D eigenvalue weighted by molar-refractivity contribution is 0.138. The van der Waals surface area contributed by atoms with Crippen molar-refractivity contribution < 1.29 is 0 Å². The molecule has 0 radical (unpaired) electrons. The Labute approximate surface area is 98.7 Å². The number of benzene rings is 1. The van der Waals surface area contributed by atoms with Crippen LogP contribution in [0.4, 0.5) is 0 Å². The van der Waals surface area contributed by atoms with E-state index in [-0.39, 0.29) is 0 Å². The van der Waals surface area contributed by atoms with Gasteiger partial charge in [-0.2, -0.15) is 0 Å². The van der Waals surface area contributed by atoms with Gasteiger partial charge in [0.2, 0.25) is 0 Å². The van der Waals surface area contributed by atoms with Crippen LogP contribution in [0.3, 0.4) is 0 Å². The molecule has 1 N–H and O–H groups in total. The Morgan fingerprint density at radius 2 is 2.19 bits per heavy atom. The summed E-state index contributed by atoms with van der Waals surface area (Å²) in [6.07, 6.45) is 1.24. The summed E-state index contributed by atoms with van der Waals surface area (Å²) in [5.74, 6) is 0. The highest BCUT2D eigenvalue weighted by molar-refractivity contribution is 5.22. The van der Waals surface area contributed by atoms with E-state index >= 15 is 0 Å². The smallest absolute Gasteiger partial charge is 0.0348 e. The van der Waals surface area contributed by atoms with Crippen molar-refractivity contribution in [3.63, 3.8) is 0 Å². The Morgan fingerprint density at radius 3 is 2.75 bits per heavy atom. The van der Waals surface area contributed by atoms with Gasteiger partial charge in [-0.25, -0.2) is 0 Å². The molecular formula is C14H22N2. The van der Waals surface area contributed by atoms with Crippen molar-refractivity contribution in [1.29, 1.82) is 0 Å². The number of hydrogen-bond donors (Lipinski definition) is 1. The summed E-state index contributed by atoms with van der Waals surface area (Å²) in [4.78, 5) is 2.60. The quantitative estimate of drug-likeness (QED) is 0.815. The molecule has 88 valence electrons. The molecule has 0 spiro atoms. The highest BCUT2D eigenvalue weighted by atomic mass is 15.2. The predicted molar refractivity (Wildman–Crippen MR) is 68.5 cm³/mol. The first kappa shape index (κ1) is 11.6. The standard InChI is InChI=1S/C14H22N2/c1-3-7-16(14-9-15-10-14)11-13-6-4-5-12(2)8-13/h4-6,8,14-15H,3,7,9-11H2,1-2H3. The molecule has 0 aliphatic carbocycles. The molecule has 1 aliphatic rings. The molecule has 2 heteroatoms. The van der Waals surface area contributed by atoms with Gasteiger partial charge in [0, 0.05) is 25.7 Å². The topological polar surface area (TPSA) is 15.3 Å². The molecule has 1 saturated heterocycles. The summed E-state index contributed by atoms with van der Waals surface area (Å²) >= 11 is 0. The lowest BCUT2D eigenvalue weighted by atomic mass is 10.1. The van der Waals surface area contributed by atoms with Gasteiger partial charge in [0.05, 0.1) is 0 Å². The minimum atomic E-state index is 0.750. The Kier molecular flexibility index (Phi) is 3.97. The molecule has 1 aromatic carbocycles. The summed E-state index contributed by atoms with van der Waals surface area (Å²) in [7, 11) is 0. The number of hydrogen-bond acceptors (Lipinski definition) is 2. The molecule has 0 atom stereocenters. The number of rotatable bonds is 5. The summed E-state index contributed by atoms with van der Waals surface area (Å²) in [5, 5.41) is 3.36. The van der Waals surface area contributed by atoms with Crippen molar-refractivity contribution in [2.75, 3.05) is 19.6 Å². The maximum Gasteiger partial charge on any atom is 0.0348 e. The zero-order valence-electron chi connectivity index (χ0n) is 10.4. The molecule has 2 rings (SSSR count). The van der Waals surface area contributed by atoms with E-state index in [0.29, 0.717) is 0 Å². The van der Waals surface area contributed by atoms with Gasteiger partial charge < -0.3 is 5.32 Å². The van der Waals surface area contributed by atoms with Crippen molar-refractivity contribution in [2.24, 2.45) is 0 Å². The van der Waals surface area contributed by atoms with Crippen molar-refractivity contribution in [3.05, 3.63) is 35.4 Å². The van der Waals surface area contributed by atoms with Crippen LogP contribution in [-0.4, -0.2) is 30.6 Å². The van der Waals surface area contributed by atoms with Gasteiger partial charge in [-0.1, -0.05) is 36.8 Å². The normalized spacial score (nSPS) is 16.4. The van der Waals surface area contributed by atoms with Crippen LogP contribution in [0, 0.1) is 6.92 Å². The summed E-state index contributed by atoms with van der Waals surface area (Å²) < 4.78 is 0. The molecule has 1 aromatic rings. The van der Waals surface area contributed by atoms with Gasteiger partial charge in [-0.3, -0.25) is 4.90 Å². The van der Waals surface area contributed by atoms with Gasteiger partial charge in [0.15, 0.2) is 0 Å². The first-order valence-corrected chi connectivity index (χ1v) is 6.30. The van der Waals surface area contributed by atoms with Crippen LogP contribution in [0.2, 0.25) is 0 Å². The van der Waals surface area contributed by atoms with Crippen LogP contribution in [0.25, 0.3) is 0 Å². The van der Waals surface area contributed by atoms with Crippen LogP contribution in [0.5, 0.6) is 0 Å².